The van der Waals surface area contributed by atoms with Gasteiger partial charge in [-0.3, -0.25) is 0 Å². The lowest BCUT2D eigenvalue weighted by molar-refractivity contribution is 0.262. The molecule has 1 N–H and O–H groups in total. The maximum atomic E-state index is 5.91. The number of hydrogen-bond acceptors (Lipinski definition) is 3. The Morgan fingerprint density at radius 2 is 1.62 bits per heavy atom. The molecule has 3 nitrogen and oxygen atoms in total. The van der Waals surface area contributed by atoms with Crippen LogP contribution in [0.4, 0.5) is 0 Å². The van der Waals surface area contributed by atoms with E-state index in [1.54, 1.807) is 0 Å². The van der Waals surface area contributed by atoms with Crippen molar-refractivity contribution < 1.29 is 9.47 Å². The van der Waals surface area contributed by atoms with E-state index >= 15 is 0 Å². The Morgan fingerprint density at radius 1 is 0.905 bits per heavy atom. The summed E-state index contributed by atoms with van der Waals surface area (Å²) >= 11 is 0. The average molecular weight is 285 g/mol. The molecule has 0 aliphatic heterocycles. The molecule has 2 aromatic rings. The molecule has 2 aromatic carbocycles. The van der Waals surface area contributed by atoms with E-state index in [9.17, 15) is 0 Å². The summed E-state index contributed by atoms with van der Waals surface area (Å²) in [4.78, 5) is 0. The molecule has 0 unspecified atom stereocenters. The highest BCUT2D eigenvalue weighted by atomic mass is 16.5. The van der Waals surface area contributed by atoms with Crippen molar-refractivity contribution >= 4 is 0 Å². The number of hydrogen-bond donors (Lipinski definition) is 1. The highest BCUT2D eigenvalue weighted by Crippen LogP contribution is 2.27. The van der Waals surface area contributed by atoms with E-state index in [2.05, 4.69) is 36.5 Å². The van der Waals surface area contributed by atoms with Crippen LogP contribution in [0.3, 0.4) is 0 Å². The van der Waals surface area contributed by atoms with Gasteiger partial charge in [-0.25, -0.2) is 0 Å². The molecule has 3 heteroatoms. The summed E-state index contributed by atoms with van der Waals surface area (Å²) in [6.07, 6.45) is 0.987. The quantitative estimate of drug-likeness (QED) is 0.801. The van der Waals surface area contributed by atoms with E-state index in [0.29, 0.717) is 13.2 Å². The summed E-state index contributed by atoms with van der Waals surface area (Å²) in [5.41, 5.74) is 2.42. The highest BCUT2D eigenvalue weighted by molar-refractivity contribution is 5.39. The lowest BCUT2D eigenvalue weighted by atomic mass is 10.1. The van der Waals surface area contributed by atoms with Gasteiger partial charge in [-0.2, -0.15) is 0 Å². The Morgan fingerprint density at radius 3 is 2.33 bits per heavy atom. The van der Waals surface area contributed by atoms with Crippen molar-refractivity contribution in [3.63, 3.8) is 0 Å². The molecule has 0 aromatic heterocycles. The Bertz CT molecular complexity index is 554. The van der Waals surface area contributed by atoms with E-state index in [1.165, 1.54) is 5.56 Å². The zero-order valence-corrected chi connectivity index (χ0v) is 12.8. The monoisotopic (exact) mass is 285 g/mol. The maximum Gasteiger partial charge on any atom is 0.161 e. The van der Waals surface area contributed by atoms with E-state index in [1.807, 2.05) is 31.3 Å². The highest BCUT2D eigenvalue weighted by Gasteiger charge is 2.04. The fourth-order valence-electron chi connectivity index (χ4n) is 2.10. The molecule has 0 aliphatic carbocycles. The molecule has 0 amide bonds. The smallest absolute Gasteiger partial charge is 0.161 e. The van der Waals surface area contributed by atoms with Gasteiger partial charge in [0.1, 0.15) is 6.61 Å². The van der Waals surface area contributed by atoms with Gasteiger partial charge < -0.3 is 14.8 Å². The molecule has 112 valence electrons. The van der Waals surface area contributed by atoms with Crippen LogP contribution in [0.25, 0.3) is 0 Å². The molecule has 0 saturated carbocycles. The molecule has 0 spiro atoms. The fourth-order valence-corrected chi connectivity index (χ4v) is 2.10. The largest absolute Gasteiger partial charge is 0.490 e. The molecule has 0 aliphatic rings. The molecular weight excluding hydrogens is 262 g/mol. The van der Waals surface area contributed by atoms with Gasteiger partial charge in [0, 0.05) is 6.54 Å². The zero-order valence-electron chi connectivity index (χ0n) is 12.8. The van der Waals surface area contributed by atoms with Gasteiger partial charge in [0.15, 0.2) is 11.5 Å². The number of para-hydroxylation sites is 2. The van der Waals surface area contributed by atoms with Crippen LogP contribution in [0.15, 0.2) is 48.5 Å². The first-order valence-corrected chi connectivity index (χ1v) is 7.40. The van der Waals surface area contributed by atoms with Gasteiger partial charge in [-0.1, -0.05) is 43.3 Å². The SMILES string of the molecule is CCCOc1ccccc1OCc1cccc(CNC)c1. The van der Waals surface area contributed by atoms with Crippen LogP contribution in [-0.2, 0) is 13.2 Å². The molecule has 0 bridgehead atoms. The van der Waals surface area contributed by atoms with Gasteiger partial charge in [0.25, 0.3) is 0 Å². The predicted molar refractivity (Wildman–Crippen MR) is 85.8 cm³/mol. The third-order valence-electron chi connectivity index (χ3n) is 3.08. The van der Waals surface area contributed by atoms with E-state index in [-0.39, 0.29) is 0 Å². The van der Waals surface area contributed by atoms with Gasteiger partial charge in [-0.15, -0.1) is 0 Å². The Hall–Kier alpha value is -2.00. The van der Waals surface area contributed by atoms with Crippen LogP contribution in [0.5, 0.6) is 11.5 Å². The Balaban J connectivity index is 2.00. The first-order chi connectivity index (χ1) is 10.3. The Kier molecular flexibility index (Phi) is 6.10. The fraction of sp³-hybridized carbons (Fsp3) is 0.333. The lowest BCUT2D eigenvalue weighted by Gasteiger charge is -2.12. The van der Waals surface area contributed by atoms with Crippen LogP contribution in [0, 0.1) is 0 Å². The summed E-state index contributed by atoms with van der Waals surface area (Å²) in [6.45, 7) is 4.21. The van der Waals surface area contributed by atoms with Crippen LogP contribution < -0.4 is 14.8 Å². The standard InChI is InChI=1S/C18H23NO2/c1-3-11-20-17-9-4-5-10-18(17)21-14-16-8-6-7-15(12-16)13-19-2/h4-10,12,19H,3,11,13-14H2,1-2H3. The third kappa shape index (κ3) is 4.80. The minimum atomic E-state index is 0.546. The maximum absolute atomic E-state index is 5.91. The molecule has 21 heavy (non-hydrogen) atoms. The normalized spacial score (nSPS) is 10.4. The third-order valence-corrected chi connectivity index (χ3v) is 3.08. The predicted octanol–water partition coefficient (Wildman–Crippen LogP) is 3.77. The molecule has 0 heterocycles. The first kappa shape index (κ1) is 15.4. The van der Waals surface area contributed by atoms with E-state index in [4.69, 9.17) is 9.47 Å². The van der Waals surface area contributed by atoms with Gasteiger partial charge in [0.2, 0.25) is 0 Å². The second-order valence-electron chi connectivity index (χ2n) is 4.93. The van der Waals surface area contributed by atoms with E-state index < -0.39 is 0 Å². The summed E-state index contributed by atoms with van der Waals surface area (Å²) < 4.78 is 11.6. The molecule has 2 rings (SSSR count). The van der Waals surface area contributed by atoms with Crippen LogP contribution >= 0.6 is 0 Å². The summed E-state index contributed by atoms with van der Waals surface area (Å²) in [5, 5.41) is 3.16. The van der Waals surface area contributed by atoms with E-state index in [0.717, 1.165) is 30.0 Å². The van der Waals surface area contributed by atoms with Crippen molar-refractivity contribution in [3.8, 4) is 11.5 Å². The summed E-state index contributed by atoms with van der Waals surface area (Å²) in [5.74, 6) is 1.61. The summed E-state index contributed by atoms with van der Waals surface area (Å²) in [7, 11) is 1.95. The van der Waals surface area contributed by atoms with Crippen LogP contribution in [0.2, 0.25) is 0 Å². The second kappa shape index (κ2) is 8.32. The second-order valence-corrected chi connectivity index (χ2v) is 4.93. The van der Waals surface area contributed by atoms with Crippen LogP contribution in [-0.4, -0.2) is 13.7 Å². The van der Waals surface area contributed by atoms with Crippen molar-refractivity contribution in [2.45, 2.75) is 26.5 Å². The van der Waals surface area contributed by atoms with Crippen molar-refractivity contribution in [3.05, 3.63) is 59.7 Å². The van der Waals surface area contributed by atoms with Crippen molar-refractivity contribution in [2.75, 3.05) is 13.7 Å². The molecule has 0 fully saturated rings. The lowest BCUT2D eigenvalue weighted by Crippen LogP contribution is -2.06. The van der Waals surface area contributed by atoms with Crippen molar-refractivity contribution in [2.24, 2.45) is 0 Å². The summed E-state index contributed by atoms with van der Waals surface area (Å²) in [6, 6.07) is 16.2. The van der Waals surface area contributed by atoms with Crippen molar-refractivity contribution in [1.82, 2.24) is 5.32 Å². The number of rotatable bonds is 8. The minimum absolute atomic E-state index is 0.546. The van der Waals surface area contributed by atoms with Gasteiger partial charge in [-0.05, 0) is 36.7 Å². The zero-order chi connectivity index (χ0) is 14.9. The number of benzene rings is 2. The first-order valence-electron chi connectivity index (χ1n) is 7.40. The van der Waals surface area contributed by atoms with Gasteiger partial charge in [0.05, 0.1) is 6.61 Å². The molecule has 0 atom stereocenters. The molecule has 0 saturated heterocycles. The number of nitrogens with one attached hydrogen (secondary N) is 1. The molecular formula is C18H23NO2. The van der Waals surface area contributed by atoms with Crippen LogP contribution in [0.1, 0.15) is 24.5 Å². The average Bonchev–Trinajstić information content (AvgIpc) is 2.52. The topological polar surface area (TPSA) is 30.5 Å². The minimum Gasteiger partial charge on any atom is -0.490 e. The van der Waals surface area contributed by atoms with Gasteiger partial charge >= 0.3 is 0 Å². The molecule has 0 radical (unpaired) electrons. The number of ether oxygens (including phenoxy) is 2. The Labute approximate surface area is 126 Å². The van der Waals surface area contributed by atoms with Crippen molar-refractivity contribution in [1.29, 1.82) is 0 Å².